The second kappa shape index (κ2) is 8.27. The predicted molar refractivity (Wildman–Crippen MR) is 121 cm³/mol. The number of carbonyl (C=O) groups excluding carboxylic acids is 2. The lowest BCUT2D eigenvalue weighted by Crippen LogP contribution is -2.46. The quantitative estimate of drug-likeness (QED) is 0.455. The minimum absolute atomic E-state index is 0.0376. The van der Waals surface area contributed by atoms with Crippen LogP contribution in [0, 0.1) is 23.7 Å². The molecule has 0 radical (unpaired) electrons. The molecule has 0 saturated carbocycles. The summed E-state index contributed by atoms with van der Waals surface area (Å²) in [5.74, 6) is -1.45. The van der Waals surface area contributed by atoms with Gasteiger partial charge in [0.15, 0.2) is 5.79 Å². The molecule has 182 valence electrons. The fourth-order valence-electron chi connectivity index (χ4n) is 6.09. The van der Waals surface area contributed by atoms with Crippen molar-refractivity contribution in [1.82, 2.24) is 0 Å². The van der Waals surface area contributed by atoms with Crippen LogP contribution in [0.15, 0.2) is 34.3 Å². The Morgan fingerprint density at radius 1 is 1.15 bits per heavy atom. The van der Waals surface area contributed by atoms with Gasteiger partial charge in [-0.25, -0.2) is 4.79 Å². The van der Waals surface area contributed by atoms with Crippen molar-refractivity contribution in [3.05, 3.63) is 34.3 Å². The molecule has 0 N–H and O–H groups in total. The third-order valence-electron chi connectivity index (χ3n) is 8.04. The molecule has 1 aliphatic carbocycles. The number of rotatable bonds is 3. The maximum atomic E-state index is 12.9. The molecule has 0 aromatic carbocycles. The topological polar surface area (TPSA) is 80.3 Å². The van der Waals surface area contributed by atoms with E-state index in [-0.39, 0.29) is 29.8 Å². The summed E-state index contributed by atoms with van der Waals surface area (Å²) in [4.78, 5) is 25.7. The van der Waals surface area contributed by atoms with Gasteiger partial charge in [-0.05, 0) is 69.6 Å². The van der Waals surface area contributed by atoms with Crippen LogP contribution in [-0.2, 0) is 33.3 Å². The van der Waals surface area contributed by atoms with E-state index >= 15 is 0 Å². The van der Waals surface area contributed by atoms with Crippen LogP contribution < -0.4 is 0 Å². The molecule has 6 unspecified atom stereocenters. The first-order valence-corrected chi connectivity index (χ1v) is 11.8. The summed E-state index contributed by atoms with van der Waals surface area (Å²) in [6.07, 6.45) is 3.73. The van der Waals surface area contributed by atoms with Gasteiger partial charge in [-0.2, -0.15) is 0 Å². The molecule has 0 aromatic heterocycles. The fourth-order valence-corrected chi connectivity index (χ4v) is 6.09. The lowest BCUT2D eigenvalue weighted by atomic mass is 9.72. The lowest BCUT2D eigenvalue weighted by Gasteiger charge is -2.43. The zero-order valence-electron chi connectivity index (χ0n) is 20.9. The molecule has 3 heterocycles. The summed E-state index contributed by atoms with van der Waals surface area (Å²) in [6.45, 7) is 12.0. The Morgan fingerprint density at radius 2 is 1.85 bits per heavy atom. The first-order chi connectivity index (χ1) is 15.5. The van der Waals surface area contributed by atoms with E-state index in [0.717, 1.165) is 16.7 Å². The van der Waals surface area contributed by atoms with Crippen molar-refractivity contribution < 1.29 is 33.3 Å². The molecule has 7 heteroatoms. The zero-order valence-corrected chi connectivity index (χ0v) is 20.9. The van der Waals surface area contributed by atoms with Gasteiger partial charge >= 0.3 is 11.9 Å². The van der Waals surface area contributed by atoms with Crippen molar-refractivity contribution in [2.24, 2.45) is 23.7 Å². The van der Waals surface area contributed by atoms with Gasteiger partial charge in [0.25, 0.3) is 0 Å². The second-order valence-electron chi connectivity index (χ2n) is 10.4. The van der Waals surface area contributed by atoms with Gasteiger partial charge in [0.05, 0.1) is 19.1 Å². The van der Waals surface area contributed by atoms with Crippen LogP contribution in [0.1, 0.15) is 60.8 Å². The Bertz CT molecular complexity index is 958. The number of hydrogen-bond acceptors (Lipinski definition) is 7. The van der Waals surface area contributed by atoms with Crippen molar-refractivity contribution in [2.45, 2.75) is 78.3 Å². The molecular weight excluding hydrogens is 424 g/mol. The van der Waals surface area contributed by atoms with Gasteiger partial charge in [-0.1, -0.05) is 19.9 Å². The number of fused-ring (bicyclic) bond motifs is 1. The number of esters is 2. The number of allylic oxidation sites excluding steroid dienone is 2. The summed E-state index contributed by atoms with van der Waals surface area (Å²) in [6, 6.07) is 0. The summed E-state index contributed by atoms with van der Waals surface area (Å²) < 4.78 is 29.4. The van der Waals surface area contributed by atoms with Gasteiger partial charge in [-0.3, -0.25) is 4.79 Å². The van der Waals surface area contributed by atoms with Gasteiger partial charge in [0.1, 0.15) is 17.3 Å². The van der Waals surface area contributed by atoms with Crippen LogP contribution in [0.5, 0.6) is 0 Å². The predicted octanol–water partition coefficient (Wildman–Crippen LogP) is 4.43. The highest BCUT2D eigenvalue weighted by atomic mass is 16.7. The molecule has 4 rings (SSSR count). The summed E-state index contributed by atoms with van der Waals surface area (Å²) in [7, 11) is 3.09. The molecule has 0 amide bonds. The van der Waals surface area contributed by atoms with E-state index in [0.29, 0.717) is 30.8 Å². The summed E-state index contributed by atoms with van der Waals surface area (Å²) >= 11 is 0. The Morgan fingerprint density at radius 3 is 2.45 bits per heavy atom. The molecule has 6 atom stereocenters. The van der Waals surface area contributed by atoms with Crippen LogP contribution in [0.2, 0.25) is 0 Å². The number of methoxy groups -OCH3 is 2. The van der Waals surface area contributed by atoms with Crippen LogP contribution in [0.3, 0.4) is 0 Å². The average molecular weight is 461 g/mol. The molecule has 0 bridgehead atoms. The van der Waals surface area contributed by atoms with E-state index in [1.807, 2.05) is 27.7 Å². The number of ether oxygens (including phenoxy) is 5. The second-order valence-corrected chi connectivity index (χ2v) is 10.4. The van der Waals surface area contributed by atoms with Crippen LogP contribution in [0.4, 0.5) is 0 Å². The Labute approximate surface area is 196 Å². The fraction of sp³-hybridized carbons (Fsp3) is 0.692. The van der Waals surface area contributed by atoms with Crippen molar-refractivity contribution >= 4 is 11.9 Å². The number of hydrogen-bond donors (Lipinski definition) is 0. The summed E-state index contributed by atoms with van der Waals surface area (Å²) in [5.41, 5.74) is 2.27. The maximum absolute atomic E-state index is 12.9. The first kappa shape index (κ1) is 24.0. The van der Waals surface area contributed by atoms with E-state index in [4.69, 9.17) is 23.7 Å². The monoisotopic (exact) mass is 460 g/mol. The van der Waals surface area contributed by atoms with Crippen molar-refractivity contribution in [1.29, 1.82) is 0 Å². The number of carbonyl (C=O) groups is 2. The molecule has 0 aromatic rings. The van der Waals surface area contributed by atoms with E-state index in [2.05, 4.69) is 19.9 Å². The molecule has 4 aliphatic rings. The SMILES string of the molecule is COC1=C(C(C)C)C2CC=C(C)C3OC(C)(OC)C4C(=O)OC(=C(C)CCC2(C)OC1=O)C34. The van der Waals surface area contributed by atoms with Crippen molar-refractivity contribution in [3.8, 4) is 0 Å². The van der Waals surface area contributed by atoms with E-state index in [1.54, 1.807) is 7.11 Å². The molecule has 0 spiro atoms. The maximum Gasteiger partial charge on any atom is 0.374 e. The smallest absolute Gasteiger partial charge is 0.374 e. The molecule has 2 saturated heterocycles. The minimum Gasteiger partial charge on any atom is -0.490 e. The molecule has 3 aliphatic heterocycles. The lowest BCUT2D eigenvalue weighted by molar-refractivity contribution is -0.217. The molecule has 33 heavy (non-hydrogen) atoms. The minimum atomic E-state index is -1.05. The van der Waals surface area contributed by atoms with E-state index in [1.165, 1.54) is 7.11 Å². The van der Waals surface area contributed by atoms with Gasteiger partial charge in [0, 0.05) is 13.0 Å². The van der Waals surface area contributed by atoms with Gasteiger partial charge in [-0.15, -0.1) is 0 Å². The zero-order chi connectivity index (χ0) is 24.3. The van der Waals surface area contributed by atoms with Crippen LogP contribution >= 0.6 is 0 Å². The van der Waals surface area contributed by atoms with Gasteiger partial charge < -0.3 is 23.7 Å². The normalized spacial score (nSPS) is 39.0. The third-order valence-corrected chi connectivity index (χ3v) is 8.04. The van der Waals surface area contributed by atoms with Crippen molar-refractivity contribution in [2.75, 3.05) is 14.2 Å². The largest absolute Gasteiger partial charge is 0.490 e. The Balaban J connectivity index is 1.84. The van der Waals surface area contributed by atoms with Crippen LogP contribution in [-0.4, -0.2) is 43.7 Å². The highest BCUT2D eigenvalue weighted by Gasteiger charge is 2.63. The molecular formula is C26H36O7. The van der Waals surface area contributed by atoms with Gasteiger partial charge in [0.2, 0.25) is 5.76 Å². The van der Waals surface area contributed by atoms with E-state index in [9.17, 15) is 9.59 Å². The molecule has 2 fully saturated rings. The summed E-state index contributed by atoms with van der Waals surface area (Å²) in [5, 5.41) is 0. The van der Waals surface area contributed by atoms with Crippen molar-refractivity contribution in [3.63, 3.8) is 0 Å². The van der Waals surface area contributed by atoms with Crippen LogP contribution in [0.25, 0.3) is 0 Å². The highest BCUT2D eigenvalue weighted by molar-refractivity contribution is 5.89. The standard InChI is InChI=1S/C26H36O7/c1-13(2)17-16-10-9-14(3)21-18-19(26(6,30-8)32-21)23(27)31-20(18)15(4)11-12-25(16,5)33-24(28)22(17)29-7/h9,13,16,18-19,21H,10-12H2,1-8H3. The first-order valence-electron chi connectivity index (χ1n) is 11.8. The Kier molecular flexibility index (Phi) is 6.02. The Hall–Kier alpha value is -2.12. The highest BCUT2D eigenvalue weighted by Crippen LogP contribution is 2.54. The third kappa shape index (κ3) is 3.64. The van der Waals surface area contributed by atoms with E-state index < -0.39 is 23.3 Å². The molecule has 7 nitrogen and oxygen atoms in total. The average Bonchev–Trinajstić information content (AvgIpc) is 3.26.